The predicted octanol–water partition coefficient (Wildman–Crippen LogP) is 9.09. The lowest BCUT2D eigenvalue weighted by Gasteiger charge is -2.33. The van der Waals surface area contributed by atoms with Crippen LogP contribution < -0.4 is 23.7 Å². The van der Waals surface area contributed by atoms with Gasteiger partial charge in [-0.1, -0.05) is 18.2 Å². The van der Waals surface area contributed by atoms with E-state index >= 15 is 0 Å². The van der Waals surface area contributed by atoms with Crippen LogP contribution in [0.5, 0.6) is 23.0 Å². The fourth-order valence-electron chi connectivity index (χ4n) is 5.15. The van der Waals surface area contributed by atoms with Crippen LogP contribution in [0.4, 0.5) is 10.1 Å². The minimum absolute atomic E-state index is 0.186. The van der Waals surface area contributed by atoms with Crippen LogP contribution in [-0.2, 0) is 6.61 Å². The van der Waals surface area contributed by atoms with Crippen molar-refractivity contribution in [3.05, 3.63) is 101 Å². The number of hydrogen-bond acceptors (Lipinski definition) is 6. The molecule has 0 aliphatic carbocycles. The standard InChI is InChI=1S/C34H34FNO4S/c1-21-7-8-23(35)17-31(21)39-20-29-27(15-16-30-33(29)22(2)19-34(3,4)36-30)28-14-11-25(18-32(28)38-6)40-41-26-12-9-24(37-5)10-13-26/h7-19,36H,20H2,1-6H3. The summed E-state index contributed by atoms with van der Waals surface area (Å²) in [7, 11) is 3.29. The highest BCUT2D eigenvalue weighted by Crippen LogP contribution is 2.44. The molecular weight excluding hydrogens is 537 g/mol. The molecule has 1 heterocycles. The highest BCUT2D eigenvalue weighted by Gasteiger charge is 2.27. The van der Waals surface area contributed by atoms with E-state index in [0.29, 0.717) is 17.2 Å². The third-order valence-corrected chi connectivity index (χ3v) is 7.76. The average Bonchev–Trinajstić information content (AvgIpc) is 2.95. The largest absolute Gasteiger partial charge is 0.497 e. The summed E-state index contributed by atoms with van der Waals surface area (Å²) in [4.78, 5) is 0.952. The summed E-state index contributed by atoms with van der Waals surface area (Å²) in [6, 6.07) is 22.3. The highest BCUT2D eigenvalue weighted by molar-refractivity contribution is 7.95. The molecule has 0 saturated carbocycles. The zero-order chi connectivity index (χ0) is 29.1. The van der Waals surface area contributed by atoms with E-state index in [4.69, 9.17) is 18.4 Å². The van der Waals surface area contributed by atoms with Crippen molar-refractivity contribution < 1.29 is 22.8 Å². The molecule has 5 nitrogen and oxygen atoms in total. The van der Waals surface area contributed by atoms with Crippen molar-refractivity contribution in [3.8, 4) is 34.1 Å². The molecule has 1 N–H and O–H groups in total. The van der Waals surface area contributed by atoms with Gasteiger partial charge in [0.1, 0.15) is 35.4 Å². The summed E-state index contributed by atoms with van der Waals surface area (Å²) in [5, 5.41) is 3.63. The first kappa shape index (κ1) is 28.4. The van der Waals surface area contributed by atoms with Gasteiger partial charge >= 0.3 is 0 Å². The molecule has 7 heteroatoms. The summed E-state index contributed by atoms with van der Waals surface area (Å²) in [6.45, 7) is 8.57. The number of rotatable bonds is 9. The molecule has 0 aromatic heterocycles. The van der Waals surface area contributed by atoms with E-state index in [1.807, 2.05) is 49.4 Å². The maximum absolute atomic E-state index is 14.0. The van der Waals surface area contributed by atoms with Crippen molar-refractivity contribution >= 4 is 23.3 Å². The zero-order valence-corrected chi connectivity index (χ0v) is 24.9. The molecule has 0 bridgehead atoms. The smallest absolute Gasteiger partial charge is 0.141 e. The van der Waals surface area contributed by atoms with E-state index in [9.17, 15) is 4.39 Å². The monoisotopic (exact) mass is 571 g/mol. The topological polar surface area (TPSA) is 49.0 Å². The number of ether oxygens (including phenoxy) is 3. The maximum atomic E-state index is 14.0. The van der Waals surface area contributed by atoms with Crippen molar-refractivity contribution in [1.29, 1.82) is 0 Å². The SMILES string of the molecule is COc1ccc(SOc2ccc(-c3ccc4c(c3COc3cc(F)ccc3C)C(C)=CC(C)(C)N4)c(OC)c2)cc1. The zero-order valence-electron chi connectivity index (χ0n) is 24.1. The van der Waals surface area contributed by atoms with Crippen LogP contribution in [0, 0.1) is 12.7 Å². The molecule has 41 heavy (non-hydrogen) atoms. The predicted molar refractivity (Wildman–Crippen MR) is 165 cm³/mol. The van der Waals surface area contributed by atoms with Gasteiger partial charge in [-0.15, -0.1) is 0 Å². The van der Waals surface area contributed by atoms with Crippen LogP contribution in [0.3, 0.4) is 0 Å². The number of hydrogen-bond donors (Lipinski definition) is 1. The summed E-state index contributed by atoms with van der Waals surface area (Å²) in [5.74, 6) is 2.32. The Labute approximate surface area is 245 Å². The van der Waals surface area contributed by atoms with E-state index in [-0.39, 0.29) is 18.0 Å². The average molecular weight is 572 g/mol. The van der Waals surface area contributed by atoms with Gasteiger partial charge in [-0.3, -0.25) is 0 Å². The molecule has 1 aliphatic rings. The van der Waals surface area contributed by atoms with Gasteiger partial charge < -0.3 is 23.7 Å². The first-order valence-corrected chi connectivity index (χ1v) is 14.1. The molecule has 212 valence electrons. The third-order valence-electron chi connectivity index (χ3n) is 7.02. The second-order valence-electron chi connectivity index (χ2n) is 10.6. The van der Waals surface area contributed by atoms with Crippen LogP contribution >= 0.6 is 12.0 Å². The molecule has 1 aliphatic heterocycles. The molecule has 0 fully saturated rings. The van der Waals surface area contributed by atoms with Crippen LogP contribution in [0.25, 0.3) is 16.7 Å². The molecule has 5 rings (SSSR count). The van der Waals surface area contributed by atoms with Crippen molar-refractivity contribution in [2.24, 2.45) is 0 Å². The molecule has 0 spiro atoms. The summed E-state index contributed by atoms with van der Waals surface area (Å²) < 4.78 is 37.4. The quantitative estimate of drug-likeness (QED) is 0.202. The van der Waals surface area contributed by atoms with Gasteiger partial charge in [0.25, 0.3) is 0 Å². The number of benzene rings is 4. The van der Waals surface area contributed by atoms with Crippen molar-refractivity contribution in [2.75, 3.05) is 19.5 Å². The van der Waals surface area contributed by atoms with Gasteiger partial charge in [-0.05, 0) is 92.9 Å². The summed E-state index contributed by atoms with van der Waals surface area (Å²) in [5.41, 5.74) is 6.81. The highest BCUT2D eigenvalue weighted by atomic mass is 32.2. The van der Waals surface area contributed by atoms with E-state index in [2.05, 4.69) is 44.3 Å². The molecule has 4 aromatic carbocycles. The van der Waals surface area contributed by atoms with Gasteiger partial charge in [0.2, 0.25) is 0 Å². The van der Waals surface area contributed by atoms with E-state index in [1.54, 1.807) is 20.3 Å². The Bertz CT molecular complexity index is 1600. The number of halogens is 1. The molecule has 0 radical (unpaired) electrons. The van der Waals surface area contributed by atoms with Gasteiger partial charge in [0.15, 0.2) is 0 Å². The van der Waals surface area contributed by atoms with Gasteiger partial charge in [-0.25, -0.2) is 4.39 Å². The fourth-order valence-corrected chi connectivity index (χ4v) is 5.70. The fraction of sp³-hybridized carbons (Fsp3) is 0.235. The van der Waals surface area contributed by atoms with Crippen LogP contribution in [0.2, 0.25) is 0 Å². The molecule has 0 amide bonds. The van der Waals surface area contributed by atoms with Gasteiger partial charge in [0, 0.05) is 39.4 Å². The minimum atomic E-state index is -0.329. The van der Waals surface area contributed by atoms with E-state index < -0.39 is 0 Å². The van der Waals surface area contributed by atoms with Crippen LogP contribution in [0.15, 0.2) is 83.8 Å². The Hall–Kier alpha value is -4.10. The normalized spacial score (nSPS) is 13.5. The van der Waals surface area contributed by atoms with Crippen LogP contribution in [-0.4, -0.2) is 19.8 Å². The van der Waals surface area contributed by atoms with Crippen molar-refractivity contribution in [2.45, 2.75) is 44.7 Å². The second kappa shape index (κ2) is 11.8. The summed E-state index contributed by atoms with van der Waals surface area (Å²) >= 11 is 1.27. The molecule has 0 unspecified atom stereocenters. The Morgan fingerprint density at radius 1 is 0.805 bits per heavy atom. The van der Waals surface area contributed by atoms with Crippen molar-refractivity contribution in [1.82, 2.24) is 0 Å². The molecular formula is C34H34FNO4S. The number of allylic oxidation sites excluding steroid dienone is 1. The Morgan fingerprint density at radius 2 is 1.54 bits per heavy atom. The van der Waals surface area contributed by atoms with Crippen molar-refractivity contribution in [3.63, 3.8) is 0 Å². The number of anilines is 1. The van der Waals surface area contributed by atoms with Gasteiger partial charge in [-0.2, -0.15) is 0 Å². The number of nitrogens with one attached hydrogen (secondary N) is 1. The maximum Gasteiger partial charge on any atom is 0.141 e. The Kier molecular flexibility index (Phi) is 8.18. The number of aryl methyl sites for hydroxylation is 1. The minimum Gasteiger partial charge on any atom is -0.497 e. The second-order valence-corrected chi connectivity index (χ2v) is 11.4. The Morgan fingerprint density at radius 3 is 2.27 bits per heavy atom. The number of fused-ring (bicyclic) bond motifs is 1. The molecule has 0 saturated heterocycles. The third kappa shape index (κ3) is 6.30. The molecule has 0 atom stereocenters. The van der Waals surface area contributed by atoms with Crippen LogP contribution in [0.1, 0.15) is 37.5 Å². The Balaban J connectivity index is 1.51. The lowest BCUT2D eigenvalue weighted by molar-refractivity contribution is 0.302. The first-order valence-electron chi connectivity index (χ1n) is 13.4. The summed E-state index contributed by atoms with van der Waals surface area (Å²) in [6.07, 6.45) is 2.22. The first-order chi connectivity index (χ1) is 19.7. The van der Waals surface area contributed by atoms with E-state index in [0.717, 1.165) is 49.7 Å². The molecule has 4 aromatic rings. The number of methoxy groups -OCH3 is 2. The lowest BCUT2D eigenvalue weighted by Crippen LogP contribution is -2.32. The lowest BCUT2D eigenvalue weighted by atomic mass is 9.85. The van der Waals surface area contributed by atoms with E-state index in [1.165, 1.54) is 24.2 Å². The van der Waals surface area contributed by atoms with Gasteiger partial charge in [0.05, 0.1) is 31.8 Å².